The molecule has 4 rings (SSSR count). The molecule has 2 aromatic carbocycles. The van der Waals surface area contributed by atoms with E-state index in [1.54, 1.807) is 17.4 Å². The van der Waals surface area contributed by atoms with Gasteiger partial charge in [0.15, 0.2) is 0 Å². The highest BCUT2D eigenvalue weighted by atomic mass is 32.1. The summed E-state index contributed by atoms with van der Waals surface area (Å²) in [5.74, 6) is 0.0828. The Morgan fingerprint density at radius 2 is 2.17 bits per heavy atom. The van der Waals surface area contributed by atoms with E-state index in [0.717, 1.165) is 34.6 Å². The van der Waals surface area contributed by atoms with E-state index in [-0.39, 0.29) is 23.3 Å². The summed E-state index contributed by atoms with van der Waals surface area (Å²) in [5, 5.41) is 15.1. The molecule has 1 amide bonds. The molecule has 3 aromatic rings. The van der Waals surface area contributed by atoms with Crippen molar-refractivity contribution in [1.29, 1.82) is 0 Å². The smallest absolute Gasteiger partial charge is 0.296 e. The molecule has 1 aromatic heterocycles. The van der Waals surface area contributed by atoms with Gasteiger partial charge in [-0.05, 0) is 50.6 Å². The van der Waals surface area contributed by atoms with E-state index in [1.165, 1.54) is 19.2 Å². The molecule has 0 radical (unpaired) electrons. The van der Waals surface area contributed by atoms with Crippen molar-refractivity contribution in [1.82, 2.24) is 9.88 Å². The summed E-state index contributed by atoms with van der Waals surface area (Å²) in [5.41, 5.74) is 0.933. The summed E-state index contributed by atoms with van der Waals surface area (Å²) < 4.78 is 6.18. The number of anilines is 1. The number of thiazole rings is 1. The van der Waals surface area contributed by atoms with E-state index in [1.807, 2.05) is 25.1 Å². The third kappa shape index (κ3) is 3.86. The summed E-state index contributed by atoms with van der Waals surface area (Å²) in [6.07, 6.45) is 1.90. The molecule has 0 spiro atoms. The second-order valence-corrected chi connectivity index (χ2v) is 8.28. The summed E-state index contributed by atoms with van der Waals surface area (Å²) in [7, 11) is 1.44. The number of likely N-dealkylation sites (tertiary alicyclic amines) is 1. The minimum atomic E-state index is -0.525. The van der Waals surface area contributed by atoms with Crippen LogP contribution in [-0.2, 0) is 4.79 Å². The predicted molar refractivity (Wildman–Crippen MR) is 116 cm³/mol. The van der Waals surface area contributed by atoms with Gasteiger partial charge in [0, 0.05) is 0 Å². The van der Waals surface area contributed by atoms with Gasteiger partial charge in [-0.25, -0.2) is 4.98 Å². The Kier molecular flexibility index (Phi) is 5.65. The van der Waals surface area contributed by atoms with Crippen LogP contribution in [0, 0.1) is 10.1 Å². The maximum absolute atomic E-state index is 13.0. The number of fused-ring (bicyclic) bond motifs is 1. The number of nitro groups is 1. The number of hydrogen-bond donors (Lipinski definition) is 1. The average Bonchev–Trinajstić information content (AvgIpc) is 3.39. The van der Waals surface area contributed by atoms with Gasteiger partial charge < -0.3 is 10.1 Å². The molecule has 9 heteroatoms. The van der Waals surface area contributed by atoms with Gasteiger partial charge in [0.05, 0.1) is 40.4 Å². The fourth-order valence-corrected chi connectivity index (χ4v) is 4.96. The Labute approximate surface area is 177 Å². The second kappa shape index (κ2) is 8.37. The van der Waals surface area contributed by atoms with Crippen LogP contribution < -0.4 is 10.1 Å². The standard InChI is InChI=1S/C21H22N4O4S/c1-13(20(26)22-15-10-9-14(29-2)12-18(15)25(27)28)24-11-5-7-17(24)21-23-16-6-3-4-8-19(16)30-21/h3-4,6,8-10,12-13,17H,5,7,11H2,1-2H3,(H,22,26). The minimum Gasteiger partial charge on any atom is -0.496 e. The van der Waals surface area contributed by atoms with Gasteiger partial charge in [-0.2, -0.15) is 0 Å². The summed E-state index contributed by atoms with van der Waals surface area (Å²) in [6.45, 7) is 2.61. The zero-order valence-corrected chi connectivity index (χ0v) is 17.5. The average molecular weight is 426 g/mol. The third-order valence-corrected chi connectivity index (χ3v) is 6.56. The van der Waals surface area contributed by atoms with Crippen LogP contribution in [0.2, 0.25) is 0 Å². The van der Waals surface area contributed by atoms with Gasteiger partial charge in [-0.3, -0.25) is 19.8 Å². The lowest BCUT2D eigenvalue weighted by Crippen LogP contribution is -2.41. The van der Waals surface area contributed by atoms with Crippen LogP contribution in [0.15, 0.2) is 42.5 Å². The van der Waals surface area contributed by atoms with E-state index in [9.17, 15) is 14.9 Å². The lowest BCUT2D eigenvalue weighted by molar-refractivity contribution is -0.384. The van der Waals surface area contributed by atoms with Gasteiger partial charge in [0.2, 0.25) is 5.91 Å². The highest BCUT2D eigenvalue weighted by molar-refractivity contribution is 7.18. The molecule has 0 saturated carbocycles. The monoisotopic (exact) mass is 426 g/mol. The number of benzene rings is 2. The molecule has 30 heavy (non-hydrogen) atoms. The Balaban J connectivity index is 1.54. The van der Waals surface area contributed by atoms with Gasteiger partial charge in [0.25, 0.3) is 5.69 Å². The molecule has 1 fully saturated rings. The van der Waals surface area contributed by atoms with Gasteiger partial charge >= 0.3 is 0 Å². The van der Waals surface area contributed by atoms with Crippen LogP contribution in [0.3, 0.4) is 0 Å². The highest BCUT2D eigenvalue weighted by Gasteiger charge is 2.35. The normalized spacial score (nSPS) is 17.7. The Morgan fingerprint density at radius 1 is 1.37 bits per heavy atom. The number of aromatic nitrogens is 1. The molecule has 156 valence electrons. The number of rotatable bonds is 6. The van der Waals surface area contributed by atoms with E-state index in [0.29, 0.717) is 5.75 Å². The summed E-state index contributed by atoms with van der Waals surface area (Å²) >= 11 is 1.65. The van der Waals surface area contributed by atoms with Gasteiger partial charge in [-0.1, -0.05) is 12.1 Å². The molecule has 8 nitrogen and oxygen atoms in total. The van der Waals surface area contributed by atoms with E-state index in [4.69, 9.17) is 9.72 Å². The minimum absolute atomic E-state index is 0.0639. The number of nitro benzene ring substituents is 1. The van der Waals surface area contributed by atoms with Crippen LogP contribution in [-0.4, -0.2) is 40.4 Å². The summed E-state index contributed by atoms with van der Waals surface area (Å²) in [6, 6.07) is 12.0. The number of hydrogen-bond acceptors (Lipinski definition) is 7. The van der Waals surface area contributed by atoms with Crippen LogP contribution in [0.25, 0.3) is 10.2 Å². The first-order chi connectivity index (χ1) is 14.5. The maximum atomic E-state index is 13.0. The zero-order valence-electron chi connectivity index (χ0n) is 16.7. The van der Waals surface area contributed by atoms with Gasteiger partial charge in [-0.15, -0.1) is 11.3 Å². The van der Waals surface area contributed by atoms with Gasteiger partial charge in [0.1, 0.15) is 16.4 Å². The Morgan fingerprint density at radius 3 is 2.90 bits per heavy atom. The van der Waals surface area contributed by atoms with Crippen molar-refractivity contribution in [3.8, 4) is 5.75 Å². The highest BCUT2D eigenvalue weighted by Crippen LogP contribution is 2.38. The summed E-state index contributed by atoms with van der Waals surface area (Å²) in [4.78, 5) is 30.7. The van der Waals surface area contributed by atoms with Crippen molar-refractivity contribution in [2.45, 2.75) is 31.8 Å². The Bertz CT molecular complexity index is 1070. The largest absolute Gasteiger partial charge is 0.496 e. The molecule has 1 N–H and O–H groups in total. The van der Waals surface area contributed by atoms with E-state index >= 15 is 0 Å². The molecular weight excluding hydrogens is 404 g/mol. The molecule has 0 aliphatic carbocycles. The lowest BCUT2D eigenvalue weighted by Gasteiger charge is -2.28. The quantitative estimate of drug-likeness (QED) is 0.464. The molecule has 1 saturated heterocycles. The molecule has 1 aliphatic rings. The molecule has 2 atom stereocenters. The van der Waals surface area contributed by atoms with E-state index in [2.05, 4.69) is 16.3 Å². The predicted octanol–water partition coefficient (Wildman–Crippen LogP) is 4.38. The van der Waals surface area contributed by atoms with Crippen LogP contribution in [0.1, 0.15) is 30.8 Å². The molecular formula is C21H22N4O4S. The van der Waals surface area contributed by atoms with Crippen molar-refractivity contribution in [2.24, 2.45) is 0 Å². The topological polar surface area (TPSA) is 97.6 Å². The van der Waals surface area contributed by atoms with Crippen molar-refractivity contribution in [3.05, 3.63) is 57.6 Å². The number of nitrogens with one attached hydrogen (secondary N) is 1. The number of carbonyl (C=O) groups excluding carboxylic acids is 1. The van der Waals surface area contributed by atoms with Crippen LogP contribution in [0.4, 0.5) is 11.4 Å². The van der Waals surface area contributed by atoms with E-state index < -0.39 is 11.0 Å². The lowest BCUT2D eigenvalue weighted by atomic mass is 10.2. The molecule has 1 aliphatic heterocycles. The number of para-hydroxylation sites is 1. The third-order valence-electron chi connectivity index (χ3n) is 5.43. The number of nitrogens with zero attached hydrogens (tertiary/aromatic N) is 3. The fraction of sp³-hybridized carbons (Fsp3) is 0.333. The zero-order chi connectivity index (χ0) is 21.3. The van der Waals surface area contributed by atoms with Crippen molar-refractivity contribution in [3.63, 3.8) is 0 Å². The first kappa shape index (κ1) is 20.2. The Hall–Kier alpha value is -3.04. The van der Waals surface area contributed by atoms with Crippen LogP contribution >= 0.6 is 11.3 Å². The number of methoxy groups -OCH3 is 1. The van der Waals surface area contributed by atoms with Crippen molar-refractivity contribution < 1.29 is 14.5 Å². The molecule has 2 heterocycles. The number of amides is 1. The SMILES string of the molecule is COc1ccc(NC(=O)C(C)N2CCCC2c2nc3ccccc3s2)c([N+](=O)[O-])c1. The maximum Gasteiger partial charge on any atom is 0.296 e. The molecule has 0 bridgehead atoms. The number of ether oxygens (including phenoxy) is 1. The van der Waals surface area contributed by atoms with Crippen LogP contribution in [0.5, 0.6) is 5.75 Å². The first-order valence-corrected chi connectivity index (χ1v) is 10.5. The first-order valence-electron chi connectivity index (χ1n) is 9.72. The van der Waals surface area contributed by atoms with Crippen molar-refractivity contribution >= 4 is 38.8 Å². The van der Waals surface area contributed by atoms with Crippen molar-refractivity contribution in [2.75, 3.05) is 19.0 Å². The fourth-order valence-electron chi connectivity index (χ4n) is 3.83. The number of carbonyl (C=O) groups is 1. The second-order valence-electron chi connectivity index (χ2n) is 7.22. The molecule has 2 unspecified atom stereocenters.